The first-order valence-electron chi connectivity index (χ1n) is 6.38. The van der Waals surface area contributed by atoms with Gasteiger partial charge in [0.2, 0.25) is 0 Å². The molecule has 0 unspecified atom stereocenters. The first-order valence-corrected chi connectivity index (χ1v) is 6.38. The van der Waals surface area contributed by atoms with E-state index < -0.39 is 0 Å². The van der Waals surface area contributed by atoms with Crippen molar-refractivity contribution in [3.05, 3.63) is 41.0 Å². The Morgan fingerprint density at radius 3 is 2.61 bits per heavy atom. The predicted octanol–water partition coefficient (Wildman–Crippen LogP) is 2.67. The second kappa shape index (κ2) is 5.36. The maximum Gasteiger partial charge on any atom is 0.251 e. The van der Waals surface area contributed by atoms with E-state index in [0.29, 0.717) is 5.92 Å². The summed E-state index contributed by atoms with van der Waals surface area (Å²) in [4.78, 5) is 12.0. The molecular formula is C15H20N2O. The molecule has 0 saturated carbocycles. The van der Waals surface area contributed by atoms with Gasteiger partial charge in [0.25, 0.3) is 5.91 Å². The SMILES string of the molecule is CC(C(=O)Nc1cccc(C(C)C)c1)=C1CNC1. The second-order valence-electron chi connectivity index (χ2n) is 5.07. The summed E-state index contributed by atoms with van der Waals surface area (Å²) in [6.07, 6.45) is 0. The molecule has 0 bridgehead atoms. The summed E-state index contributed by atoms with van der Waals surface area (Å²) < 4.78 is 0. The molecule has 1 aliphatic heterocycles. The Morgan fingerprint density at radius 1 is 1.33 bits per heavy atom. The highest BCUT2D eigenvalue weighted by Gasteiger charge is 2.16. The fourth-order valence-corrected chi connectivity index (χ4v) is 1.88. The van der Waals surface area contributed by atoms with Crippen LogP contribution in [0.5, 0.6) is 0 Å². The number of nitrogens with one attached hydrogen (secondary N) is 2. The molecule has 1 amide bonds. The lowest BCUT2D eigenvalue weighted by Gasteiger charge is -2.21. The summed E-state index contributed by atoms with van der Waals surface area (Å²) in [5, 5.41) is 6.11. The molecule has 1 fully saturated rings. The van der Waals surface area contributed by atoms with Gasteiger partial charge in [0.05, 0.1) is 0 Å². The van der Waals surface area contributed by atoms with E-state index in [1.165, 1.54) is 11.1 Å². The number of carbonyl (C=O) groups is 1. The fraction of sp³-hybridized carbons (Fsp3) is 0.400. The average molecular weight is 244 g/mol. The van der Waals surface area contributed by atoms with Crippen molar-refractivity contribution < 1.29 is 4.79 Å². The molecule has 1 aliphatic rings. The lowest BCUT2D eigenvalue weighted by Crippen LogP contribution is -2.36. The zero-order valence-corrected chi connectivity index (χ0v) is 11.2. The maximum atomic E-state index is 12.0. The minimum Gasteiger partial charge on any atom is -0.322 e. The van der Waals surface area contributed by atoms with Gasteiger partial charge in [0, 0.05) is 24.4 Å². The van der Waals surface area contributed by atoms with Crippen LogP contribution in [0.3, 0.4) is 0 Å². The van der Waals surface area contributed by atoms with Gasteiger partial charge in [-0.15, -0.1) is 0 Å². The summed E-state index contributed by atoms with van der Waals surface area (Å²) in [6.45, 7) is 7.86. The predicted molar refractivity (Wildman–Crippen MR) is 74.7 cm³/mol. The molecule has 0 aromatic heterocycles. The molecule has 3 heteroatoms. The average Bonchev–Trinajstić information content (AvgIpc) is 2.26. The largest absolute Gasteiger partial charge is 0.322 e. The molecule has 0 atom stereocenters. The zero-order valence-electron chi connectivity index (χ0n) is 11.2. The summed E-state index contributed by atoms with van der Waals surface area (Å²) in [7, 11) is 0. The lowest BCUT2D eigenvalue weighted by atomic mass is 10.0. The number of anilines is 1. The fourth-order valence-electron chi connectivity index (χ4n) is 1.88. The normalized spacial score (nSPS) is 14.3. The van der Waals surface area contributed by atoms with Crippen LogP contribution in [0.1, 0.15) is 32.3 Å². The van der Waals surface area contributed by atoms with Crippen LogP contribution in [0, 0.1) is 0 Å². The Bertz CT molecular complexity index is 483. The number of amides is 1. The Balaban J connectivity index is 2.09. The number of hydrogen-bond acceptors (Lipinski definition) is 2. The maximum absolute atomic E-state index is 12.0. The van der Waals surface area contributed by atoms with E-state index in [1.807, 2.05) is 25.1 Å². The van der Waals surface area contributed by atoms with E-state index >= 15 is 0 Å². The molecule has 1 aromatic carbocycles. The molecule has 1 heterocycles. The third-order valence-electron chi connectivity index (χ3n) is 3.36. The smallest absolute Gasteiger partial charge is 0.251 e. The summed E-state index contributed by atoms with van der Waals surface area (Å²) in [5.74, 6) is 0.476. The standard InChI is InChI=1S/C15H20N2O/c1-10(2)12-5-4-6-14(7-12)17-15(18)11(3)13-8-16-9-13/h4-7,10,16H,8-9H2,1-3H3,(H,17,18). The Labute approximate surface area is 108 Å². The molecule has 2 N–H and O–H groups in total. The molecular weight excluding hydrogens is 224 g/mol. The number of hydrogen-bond donors (Lipinski definition) is 2. The van der Waals surface area contributed by atoms with Crippen molar-refractivity contribution in [2.75, 3.05) is 18.4 Å². The summed E-state index contributed by atoms with van der Waals surface area (Å²) in [6, 6.07) is 8.04. The van der Waals surface area contributed by atoms with E-state index in [-0.39, 0.29) is 5.91 Å². The van der Waals surface area contributed by atoms with Crippen LogP contribution in [-0.4, -0.2) is 19.0 Å². The third-order valence-corrected chi connectivity index (χ3v) is 3.36. The molecule has 0 spiro atoms. The minimum absolute atomic E-state index is 0.00686. The van der Waals surface area contributed by atoms with Gasteiger partial charge in [-0.1, -0.05) is 26.0 Å². The van der Waals surface area contributed by atoms with Gasteiger partial charge >= 0.3 is 0 Å². The Morgan fingerprint density at radius 2 is 2.06 bits per heavy atom. The lowest BCUT2D eigenvalue weighted by molar-refractivity contribution is -0.112. The van der Waals surface area contributed by atoms with Crippen LogP contribution in [0.4, 0.5) is 5.69 Å². The molecule has 2 rings (SSSR count). The molecule has 1 saturated heterocycles. The van der Waals surface area contributed by atoms with Gasteiger partial charge in [-0.05, 0) is 36.1 Å². The Hall–Kier alpha value is -1.61. The van der Waals surface area contributed by atoms with Crippen molar-refractivity contribution in [2.45, 2.75) is 26.7 Å². The molecule has 3 nitrogen and oxygen atoms in total. The topological polar surface area (TPSA) is 41.1 Å². The van der Waals surface area contributed by atoms with Gasteiger partial charge in [-0.2, -0.15) is 0 Å². The van der Waals surface area contributed by atoms with Crippen molar-refractivity contribution >= 4 is 11.6 Å². The highest BCUT2D eigenvalue weighted by atomic mass is 16.1. The van der Waals surface area contributed by atoms with Crippen LogP contribution in [-0.2, 0) is 4.79 Å². The number of rotatable bonds is 3. The first-order chi connectivity index (χ1) is 8.58. The van der Waals surface area contributed by atoms with Crippen molar-refractivity contribution in [3.8, 4) is 0 Å². The quantitative estimate of drug-likeness (QED) is 0.803. The summed E-state index contributed by atoms with van der Waals surface area (Å²) in [5.41, 5.74) is 4.15. The van der Waals surface area contributed by atoms with Crippen LogP contribution >= 0.6 is 0 Å². The van der Waals surface area contributed by atoms with Crippen LogP contribution in [0.15, 0.2) is 35.4 Å². The number of carbonyl (C=O) groups excluding carboxylic acids is 1. The van der Waals surface area contributed by atoms with Gasteiger partial charge < -0.3 is 10.6 Å². The van der Waals surface area contributed by atoms with E-state index in [1.54, 1.807) is 0 Å². The van der Waals surface area contributed by atoms with E-state index in [0.717, 1.165) is 24.4 Å². The van der Waals surface area contributed by atoms with E-state index in [4.69, 9.17) is 0 Å². The highest BCUT2D eigenvalue weighted by molar-refractivity contribution is 6.04. The Kier molecular flexibility index (Phi) is 3.82. The zero-order chi connectivity index (χ0) is 13.1. The third kappa shape index (κ3) is 2.79. The van der Waals surface area contributed by atoms with Crippen molar-refractivity contribution in [1.82, 2.24) is 5.32 Å². The molecule has 18 heavy (non-hydrogen) atoms. The first kappa shape index (κ1) is 12.8. The van der Waals surface area contributed by atoms with Crippen LogP contribution in [0.25, 0.3) is 0 Å². The monoisotopic (exact) mass is 244 g/mol. The van der Waals surface area contributed by atoms with Gasteiger partial charge in [0.15, 0.2) is 0 Å². The minimum atomic E-state index is 0.00686. The molecule has 1 aromatic rings. The molecule has 96 valence electrons. The molecule has 0 aliphatic carbocycles. The summed E-state index contributed by atoms with van der Waals surface area (Å²) >= 11 is 0. The van der Waals surface area contributed by atoms with Crippen LogP contribution in [0.2, 0.25) is 0 Å². The van der Waals surface area contributed by atoms with Gasteiger partial charge in [-0.3, -0.25) is 4.79 Å². The van der Waals surface area contributed by atoms with Crippen molar-refractivity contribution in [1.29, 1.82) is 0 Å². The van der Waals surface area contributed by atoms with Crippen LogP contribution < -0.4 is 10.6 Å². The highest BCUT2D eigenvalue weighted by Crippen LogP contribution is 2.19. The van der Waals surface area contributed by atoms with Gasteiger partial charge in [0.1, 0.15) is 0 Å². The molecule has 0 radical (unpaired) electrons. The van der Waals surface area contributed by atoms with Gasteiger partial charge in [-0.25, -0.2) is 0 Å². The van der Waals surface area contributed by atoms with Crippen molar-refractivity contribution in [3.63, 3.8) is 0 Å². The van der Waals surface area contributed by atoms with E-state index in [9.17, 15) is 4.79 Å². The van der Waals surface area contributed by atoms with E-state index in [2.05, 4.69) is 30.5 Å². The number of benzene rings is 1. The second-order valence-corrected chi connectivity index (χ2v) is 5.07. The van der Waals surface area contributed by atoms with Crippen molar-refractivity contribution in [2.24, 2.45) is 0 Å².